The van der Waals surface area contributed by atoms with Gasteiger partial charge in [-0.25, -0.2) is 0 Å². The zero-order chi connectivity index (χ0) is 77.9. The van der Waals surface area contributed by atoms with E-state index in [-0.39, 0.29) is 25.7 Å². The summed E-state index contributed by atoms with van der Waals surface area (Å²) in [7, 11) is 1.12. The number of likely N-dealkylation sites (N-methyl/N-ethyl adjacent to an activating group) is 1. The van der Waals surface area contributed by atoms with Crippen molar-refractivity contribution >= 4 is 82.7 Å². The number of fused-ring (bicyclic) bond motifs is 1. The number of carbonyl (C=O) groups is 14. The Hall–Kier alpha value is -8.44. The molecule has 14 amide bonds. The molecule has 580 valence electrons. The van der Waals surface area contributed by atoms with Gasteiger partial charge in [-0.05, 0) is 68.8 Å². The summed E-state index contributed by atoms with van der Waals surface area (Å²) in [6.45, 7) is 15.6. The summed E-state index contributed by atoms with van der Waals surface area (Å²) in [5.74, 6) is -18.4. The lowest BCUT2D eigenvalue weighted by atomic mass is 9.95. The predicted octanol–water partition coefficient (Wildman–Crippen LogP) is -4.35. The number of nitrogens with one attached hydrogen (secondary N) is 10. The van der Waals surface area contributed by atoms with Crippen LogP contribution >= 0.6 is 0 Å². The van der Waals surface area contributed by atoms with Gasteiger partial charge in [0, 0.05) is 51.9 Å². The van der Waals surface area contributed by atoms with Gasteiger partial charge < -0.3 is 105 Å². The second-order valence-electron chi connectivity index (χ2n) is 28.2. The first-order valence-electron chi connectivity index (χ1n) is 35.5. The normalized spacial score (nSPS) is 27.4. The van der Waals surface area contributed by atoms with Crippen LogP contribution in [0.5, 0.6) is 0 Å². The van der Waals surface area contributed by atoms with Crippen molar-refractivity contribution in [1.82, 2.24) is 63.0 Å². The van der Waals surface area contributed by atoms with Gasteiger partial charge in [-0.1, -0.05) is 131 Å². The molecule has 0 bridgehead atoms. The number of carbonyl (C=O) groups excluding carboxylic acids is 14. The number of aliphatic hydroxyl groups is 6. The number of hydrogen-bond donors (Lipinski definition) is 18. The highest BCUT2D eigenvalue weighted by atomic mass is 16.3. The highest BCUT2D eigenvalue weighted by Gasteiger charge is 2.47. The molecule has 2 saturated heterocycles. The van der Waals surface area contributed by atoms with E-state index in [2.05, 4.69) is 53.2 Å². The SMILES string of the molecule is CCCCCCC[C@@H]1CC(=O)N[C@@H](C(C)C)C(=O)N[C@@H]([C@H](O)C(C)C)C(=O)N[C@@H](CCO)C(=O)N[C@H](CC(C)C)C(=O)N[C@@H](CCC(N)=O)C(=O)N(C)C([C@@H](C)CC)C(=O)N[C@@H]([C@H](O)C(N)=O)C(=O)N[C@@H]([C@@H](C)O)C(=O)N2C[C@H](O)C[C@H]2C(=O)N[C@H](Cc2ccccc2)C(=O)N[C@@H]([C@@H](C)O)C(=O)N1. The van der Waals surface area contributed by atoms with Crippen molar-refractivity contribution in [3.63, 3.8) is 0 Å². The number of primary amides is 2. The molecule has 0 radical (unpaired) electrons. The van der Waals surface area contributed by atoms with Gasteiger partial charge in [0.1, 0.15) is 66.5 Å². The maximum Gasteiger partial charge on any atom is 0.248 e. The molecular formula is C69H114N14O20. The molecule has 20 N–H and O–H groups in total. The van der Waals surface area contributed by atoms with E-state index in [0.717, 1.165) is 43.0 Å². The minimum atomic E-state index is -2.60. The first kappa shape index (κ1) is 88.8. The molecule has 2 aliphatic heterocycles. The van der Waals surface area contributed by atoms with Gasteiger partial charge in [0.2, 0.25) is 82.7 Å². The number of nitrogens with two attached hydrogens (primary N) is 2. The van der Waals surface area contributed by atoms with Crippen LogP contribution in [-0.4, -0.2) is 246 Å². The third kappa shape index (κ3) is 27.6. The van der Waals surface area contributed by atoms with Crippen LogP contribution < -0.4 is 64.6 Å². The molecule has 103 heavy (non-hydrogen) atoms. The standard InChI is InChI=1S/C69H114N14O20/c1-13-15-16-17-21-24-41-31-49(89)77-50(35(5)6)63(97)80-53(56(90)36(7)8)65(99)73-43(27-28-84)59(93)75-45(29-34(3)4)60(94)74-44(25-26-48(70)88)68(102)82(12)55(37(9)14-2)67(101)81-54(57(91)58(71)92)66(100)79-52(39(11)86)69(103)83-33-42(87)32-47(83)62(96)76-46(30-40-22-19-18-20-23-40)61(95)78-51(38(10)85)64(98)72-41/h18-20,22-23,34-39,41-47,50-57,84-87,90-91H,13-17,21,24-33H2,1-12H3,(H2,70,88)(H2,71,92)(H,72,98)(H,73,99)(H,74,94)(H,75,93)(H,76,96)(H,77,89)(H,78,95)(H,79,100)(H,80,97)(H,81,101)/t37-,38+,39+,41+,42+,43-,44-,45+,46+,47-,50-,51-,52-,53-,54-,55?,56+,57-/m0/s1. The average molecular weight is 1460 g/mol. The fraction of sp³-hybridized carbons (Fsp3) is 0.710. The van der Waals surface area contributed by atoms with Gasteiger partial charge in [-0.15, -0.1) is 0 Å². The minimum Gasteiger partial charge on any atom is -0.396 e. The highest BCUT2D eigenvalue weighted by molar-refractivity contribution is 6.01. The summed E-state index contributed by atoms with van der Waals surface area (Å²) in [5.41, 5.74) is 11.5. The molecule has 2 heterocycles. The zero-order valence-corrected chi connectivity index (χ0v) is 61.3. The Balaban J connectivity index is 2.35. The summed E-state index contributed by atoms with van der Waals surface area (Å²) >= 11 is 0. The predicted molar refractivity (Wildman–Crippen MR) is 373 cm³/mol. The molecule has 1 unspecified atom stereocenters. The first-order chi connectivity index (χ1) is 48.3. The Kier molecular flexibility index (Phi) is 37.0. The van der Waals surface area contributed by atoms with Gasteiger partial charge in [-0.3, -0.25) is 67.1 Å². The molecule has 2 fully saturated rings. The van der Waals surface area contributed by atoms with Crippen LogP contribution in [0.4, 0.5) is 0 Å². The number of rotatable bonds is 24. The first-order valence-corrected chi connectivity index (χ1v) is 35.5. The van der Waals surface area contributed by atoms with Crippen molar-refractivity contribution in [3.8, 4) is 0 Å². The summed E-state index contributed by atoms with van der Waals surface area (Å²) in [5, 5.41) is 91.5. The van der Waals surface area contributed by atoms with E-state index >= 15 is 0 Å². The van der Waals surface area contributed by atoms with Crippen molar-refractivity contribution < 1.29 is 97.8 Å². The maximum atomic E-state index is 14.8. The topological polar surface area (TPSA) is 539 Å². The van der Waals surface area contributed by atoms with Gasteiger partial charge in [-0.2, -0.15) is 0 Å². The number of hydrogen-bond acceptors (Lipinski definition) is 20. The van der Waals surface area contributed by atoms with Crippen LogP contribution in [0.25, 0.3) is 0 Å². The van der Waals surface area contributed by atoms with Crippen molar-refractivity contribution in [3.05, 3.63) is 35.9 Å². The second-order valence-corrected chi connectivity index (χ2v) is 28.2. The molecule has 1 aromatic carbocycles. The van der Waals surface area contributed by atoms with Crippen LogP contribution in [0.3, 0.4) is 0 Å². The lowest BCUT2D eigenvalue weighted by molar-refractivity contribution is -0.148. The molecule has 0 saturated carbocycles. The van der Waals surface area contributed by atoms with Crippen molar-refractivity contribution in [1.29, 1.82) is 0 Å². The number of unbranched alkanes of at least 4 members (excludes halogenated alkanes) is 4. The number of nitrogens with zero attached hydrogens (tertiary/aromatic N) is 2. The molecule has 1 aromatic rings. The Morgan fingerprint density at radius 3 is 1.63 bits per heavy atom. The van der Waals surface area contributed by atoms with Gasteiger partial charge >= 0.3 is 0 Å². The monoisotopic (exact) mass is 1460 g/mol. The molecular weight excluding hydrogens is 1340 g/mol. The Morgan fingerprint density at radius 2 is 1.08 bits per heavy atom. The molecule has 0 aliphatic carbocycles. The van der Waals surface area contributed by atoms with Crippen LogP contribution in [-0.2, 0) is 73.5 Å². The second kappa shape index (κ2) is 43.0. The molecule has 2 aliphatic rings. The quantitative estimate of drug-likeness (QED) is 0.0435. The number of amides is 14. The van der Waals surface area contributed by atoms with E-state index in [1.165, 1.54) is 27.7 Å². The summed E-state index contributed by atoms with van der Waals surface area (Å²) < 4.78 is 0. The average Bonchev–Trinajstić information content (AvgIpc) is 1.75. The van der Waals surface area contributed by atoms with E-state index < -0.39 is 255 Å². The highest BCUT2D eigenvalue weighted by Crippen LogP contribution is 2.23. The van der Waals surface area contributed by atoms with Gasteiger partial charge in [0.25, 0.3) is 0 Å². The third-order valence-electron chi connectivity index (χ3n) is 18.3. The zero-order valence-electron chi connectivity index (χ0n) is 61.3. The summed E-state index contributed by atoms with van der Waals surface area (Å²) in [6, 6.07) is -12.4. The summed E-state index contributed by atoms with van der Waals surface area (Å²) in [6.07, 6.45) is -8.22. The van der Waals surface area contributed by atoms with Crippen LogP contribution in [0.15, 0.2) is 30.3 Å². The maximum absolute atomic E-state index is 14.8. The van der Waals surface area contributed by atoms with Crippen LogP contribution in [0.1, 0.15) is 165 Å². The molecule has 0 aromatic heterocycles. The van der Waals surface area contributed by atoms with Gasteiger partial charge in [0.05, 0.1) is 24.4 Å². The van der Waals surface area contributed by atoms with E-state index in [4.69, 9.17) is 11.5 Å². The number of aliphatic hydroxyl groups excluding tert-OH is 6. The molecule has 18 atom stereocenters. The van der Waals surface area contributed by atoms with Crippen LogP contribution in [0.2, 0.25) is 0 Å². The van der Waals surface area contributed by atoms with Crippen LogP contribution in [0, 0.1) is 23.7 Å². The molecule has 0 spiro atoms. The number of benzene rings is 1. The van der Waals surface area contributed by atoms with E-state index in [1.807, 2.05) is 6.92 Å². The third-order valence-corrected chi connectivity index (χ3v) is 18.3. The Bertz CT molecular complexity index is 3050. The van der Waals surface area contributed by atoms with Crippen molar-refractivity contribution in [2.24, 2.45) is 35.1 Å². The fourth-order valence-electron chi connectivity index (χ4n) is 12.1. The van der Waals surface area contributed by atoms with E-state index in [9.17, 15) is 97.8 Å². The molecule has 34 nitrogen and oxygen atoms in total. The van der Waals surface area contributed by atoms with Crippen molar-refractivity contribution in [2.75, 3.05) is 20.2 Å². The van der Waals surface area contributed by atoms with E-state index in [0.29, 0.717) is 18.4 Å². The lowest BCUT2D eigenvalue weighted by Crippen LogP contribution is -2.65. The Labute approximate surface area is 601 Å². The fourth-order valence-corrected chi connectivity index (χ4v) is 12.1. The molecule has 3 rings (SSSR count). The largest absolute Gasteiger partial charge is 0.396 e. The summed E-state index contributed by atoms with van der Waals surface area (Å²) in [4.78, 5) is 201. The van der Waals surface area contributed by atoms with E-state index in [1.54, 1.807) is 65.0 Å². The minimum absolute atomic E-state index is 0.101. The van der Waals surface area contributed by atoms with Crippen molar-refractivity contribution in [2.45, 2.75) is 269 Å². The smallest absolute Gasteiger partial charge is 0.248 e. The van der Waals surface area contributed by atoms with Gasteiger partial charge in [0.15, 0.2) is 6.10 Å². The molecule has 34 heteroatoms. The lowest BCUT2D eigenvalue weighted by Gasteiger charge is -2.36. The Morgan fingerprint density at radius 1 is 0.553 bits per heavy atom.